The number of benzene rings is 1. The summed E-state index contributed by atoms with van der Waals surface area (Å²) in [5.41, 5.74) is 0.866. The van der Waals surface area contributed by atoms with Crippen molar-refractivity contribution < 1.29 is 9.53 Å². The quantitative estimate of drug-likeness (QED) is 0.838. The molecular formula is C10H10BrClN2O2. The van der Waals surface area contributed by atoms with Gasteiger partial charge in [-0.1, -0.05) is 23.7 Å². The molecule has 0 saturated heterocycles. The van der Waals surface area contributed by atoms with Crippen LogP contribution in [0.25, 0.3) is 0 Å². The molecular weight excluding hydrogens is 295 g/mol. The highest BCUT2D eigenvalue weighted by Gasteiger charge is 2.12. The van der Waals surface area contributed by atoms with Gasteiger partial charge in [0.2, 0.25) is 0 Å². The van der Waals surface area contributed by atoms with Crippen molar-refractivity contribution in [1.82, 2.24) is 0 Å². The van der Waals surface area contributed by atoms with Crippen LogP contribution in [0.1, 0.15) is 12.5 Å². The van der Waals surface area contributed by atoms with Gasteiger partial charge in [0.05, 0.1) is 17.3 Å². The first-order valence-corrected chi connectivity index (χ1v) is 5.70. The van der Waals surface area contributed by atoms with Gasteiger partial charge in [-0.2, -0.15) is 0 Å². The Balaban J connectivity index is 3.01. The number of hydrogen-bond acceptors (Lipinski definition) is 3. The minimum absolute atomic E-state index is 0.141. The zero-order chi connectivity index (χ0) is 12.1. The van der Waals surface area contributed by atoms with Gasteiger partial charge in [-0.3, -0.25) is 10.7 Å². The molecule has 0 spiro atoms. The van der Waals surface area contributed by atoms with Gasteiger partial charge in [-0.05, 0) is 28.9 Å². The van der Waals surface area contributed by atoms with E-state index in [-0.39, 0.29) is 11.2 Å². The lowest BCUT2D eigenvalue weighted by Gasteiger charge is -2.10. The van der Waals surface area contributed by atoms with Crippen LogP contribution in [0.5, 0.6) is 0 Å². The van der Waals surface area contributed by atoms with Crippen LogP contribution in [-0.2, 0) is 4.74 Å². The topological polar surface area (TPSA) is 62.2 Å². The van der Waals surface area contributed by atoms with Crippen LogP contribution in [0, 0.1) is 5.41 Å². The van der Waals surface area contributed by atoms with Gasteiger partial charge in [0, 0.05) is 5.56 Å². The van der Waals surface area contributed by atoms with Gasteiger partial charge in [0.15, 0.2) is 0 Å². The largest absolute Gasteiger partial charge is 0.450 e. The summed E-state index contributed by atoms with van der Waals surface area (Å²) in [4.78, 5) is 11.3. The number of para-hydroxylation sites is 1. The van der Waals surface area contributed by atoms with E-state index in [1.54, 1.807) is 25.1 Å². The van der Waals surface area contributed by atoms with E-state index in [1.807, 2.05) is 0 Å². The number of anilines is 1. The number of amides is 1. The van der Waals surface area contributed by atoms with E-state index >= 15 is 0 Å². The highest BCUT2D eigenvalue weighted by atomic mass is 79.9. The summed E-state index contributed by atoms with van der Waals surface area (Å²) in [6, 6.07) is 5.00. The summed E-state index contributed by atoms with van der Waals surface area (Å²) >= 11 is 8.96. The summed E-state index contributed by atoms with van der Waals surface area (Å²) < 4.78 is 4.88. The number of nitrogens with one attached hydrogen (secondary N) is 2. The summed E-state index contributed by atoms with van der Waals surface area (Å²) in [5, 5.41) is 10.3. The summed E-state index contributed by atoms with van der Waals surface area (Å²) in [5.74, 6) is 0. The van der Waals surface area contributed by atoms with Gasteiger partial charge in [-0.15, -0.1) is 0 Å². The molecule has 1 aromatic rings. The third-order valence-electron chi connectivity index (χ3n) is 1.75. The third kappa shape index (κ3) is 3.21. The van der Waals surface area contributed by atoms with Crippen LogP contribution < -0.4 is 5.32 Å². The molecule has 0 saturated carbocycles. The maximum atomic E-state index is 11.3. The molecule has 1 amide bonds. The molecule has 2 N–H and O–H groups in total. The molecule has 1 rings (SSSR count). The molecule has 0 heterocycles. The number of hydrogen-bond donors (Lipinski definition) is 2. The molecule has 0 atom stereocenters. The van der Waals surface area contributed by atoms with Crippen LogP contribution in [0.2, 0.25) is 5.02 Å². The predicted molar refractivity (Wildman–Crippen MR) is 67.9 cm³/mol. The molecule has 6 heteroatoms. The lowest BCUT2D eigenvalue weighted by atomic mass is 10.2. The summed E-state index contributed by atoms with van der Waals surface area (Å²) in [7, 11) is 0. The van der Waals surface area contributed by atoms with Crippen LogP contribution >= 0.6 is 27.5 Å². The Labute approximate surface area is 107 Å². The minimum atomic E-state index is -0.592. The molecule has 4 nitrogen and oxygen atoms in total. The van der Waals surface area contributed by atoms with Crippen LogP contribution in [0.4, 0.5) is 10.5 Å². The summed E-state index contributed by atoms with van der Waals surface area (Å²) in [6.07, 6.45) is -0.592. The Morgan fingerprint density at radius 2 is 2.31 bits per heavy atom. The van der Waals surface area contributed by atoms with E-state index in [9.17, 15) is 4.79 Å². The number of carbonyl (C=O) groups is 1. The molecule has 1 aromatic carbocycles. The second-order valence-electron chi connectivity index (χ2n) is 2.82. The van der Waals surface area contributed by atoms with E-state index in [2.05, 4.69) is 21.2 Å². The number of halogens is 2. The average Bonchev–Trinajstić information content (AvgIpc) is 2.21. The third-order valence-corrected chi connectivity index (χ3v) is 2.49. The Morgan fingerprint density at radius 3 is 2.88 bits per heavy atom. The molecule has 0 radical (unpaired) electrons. The van der Waals surface area contributed by atoms with Crippen molar-refractivity contribution >= 4 is 43.9 Å². The second-order valence-corrected chi connectivity index (χ2v) is 4.02. The Morgan fingerprint density at radius 1 is 1.62 bits per heavy atom. The van der Waals surface area contributed by atoms with Gasteiger partial charge < -0.3 is 4.74 Å². The van der Waals surface area contributed by atoms with Crippen molar-refractivity contribution in [3.8, 4) is 0 Å². The SMILES string of the molecule is CCOC(=O)Nc1c(Cl)cccc1C(=N)Br. The lowest BCUT2D eigenvalue weighted by Crippen LogP contribution is -2.15. The average molecular weight is 306 g/mol. The fourth-order valence-corrected chi connectivity index (χ4v) is 1.66. The molecule has 0 aliphatic carbocycles. The molecule has 0 fully saturated rings. The van der Waals surface area contributed by atoms with Crippen molar-refractivity contribution in [2.24, 2.45) is 0 Å². The number of ether oxygens (including phenoxy) is 1. The number of carbonyl (C=O) groups excluding carboxylic acids is 1. The van der Waals surface area contributed by atoms with Gasteiger partial charge in [-0.25, -0.2) is 4.79 Å². The minimum Gasteiger partial charge on any atom is -0.450 e. The van der Waals surface area contributed by atoms with E-state index < -0.39 is 6.09 Å². The van der Waals surface area contributed by atoms with Crippen molar-refractivity contribution in [2.45, 2.75) is 6.92 Å². The highest BCUT2D eigenvalue weighted by molar-refractivity contribution is 9.18. The maximum absolute atomic E-state index is 11.3. The predicted octanol–water partition coefficient (Wildman–Crippen LogP) is 3.63. The lowest BCUT2D eigenvalue weighted by molar-refractivity contribution is 0.168. The summed E-state index contributed by atoms with van der Waals surface area (Å²) in [6.45, 7) is 1.98. The van der Waals surface area contributed by atoms with Gasteiger partial charge >= 0.3 is 6.09 Å². The second kappa shape index (κ2) is 5.86. The van der Waals surface area contributed by atoms with Crippen molar-refractivity contribution in [3.63, 3.8) is 0 Å². The monoisotopic (exact) mass is 304 g/mol. The molecule has 86 valence electrons. The fraction of sp³-hybridized carbons (Fsp3) is 0.200. The van der Waals surface area contributed by atoms with Crippen molar-refractivity contribution in [3.05, 3.63) is 28.8 Å². The standard InChI is InChI=1S/C10H10BrClN2O2/c1-2-16-10(15)14-8-6(9(11)13)4-3-5-7(8)12/h3-5,13H,2H2,1H3,(H,14,15). The fourth-order valence-electron chi connectivity index (χ4n) is 1.10. The maximum Gasteiger partial charge on any atom is 0.411 e. The molecule has 0 aromatic heterocycles. The van der Waals surface area contributed by atoms with Crippen LogP contribution in [-0.4, -0.2) is 17.3 Å². The molecule has 16 heavy (non-hydrogen) atoms. The van der Waals surface area contributed by atoms with E-state index in [0.717, 1.165) is 0 Å². The molecule has 0 bridgehead atoms. The zero-order valence-corrected chi connectivity index (χ0v) is 10.9. The Kier molecular flexibility index (Phi) is 4.76. The van der Waals surface area contributed by atoms with Crippen molar-refractivity contribution in [1.29, 1.82) is 5.41 Å². The zero-order valence-electron chi connectivity index (χ0n) is 8.51. The van der Waals surface area contributed by atoms with Gasteiger partial charge in [0.25, 0.3) is 0 Å². The first-order valence-electron chi connectivity index (χ1n) is 4.53. The highest BCUT2D eigenvalue weighted by Crippen LogP contribution is 2.27. The van der Waals surface area contributed by atoms with Gasteiger partial charge in [0.1, 0.15) is 4.62 Å². The van der Waals surface area contributed by atoms with Crippen LogP contribution in [0.3, 0.4) is 0 Å². The first kappa shape index (κ1) is 13.0. The molecule has 0 aliphatic heterocycles. The van der Waals surface area contributed by atoms with Crippen LogP contribution in [0.15, 0.2) is 18.2 Å². The Bertz CT molecular complexity index is 423. The molecule has 0 aliphatic rings. The number of rotatable bonds is 3. The van der Waals surface area contributed by atoms with E-state index in [4.69, 9.17) is 21.7 Å². The van der Waals surface area contributed by atoms with Crippen molar-refractivity contribution in [2.75, 3.05) is 11.9 Å². The Hall–Kier alpha value is -1.07. The van der Waals surface area contributed by atoms with E-state index in [0.29, 0.717) is 16.3 Å². The first-order chi connectivity index (χ1) is 7.56. The normalized spacial score (nSPS) is 9.69. The molecule has 0 unspecified atom stereocenters. The smallest absolute Gasteiger partial charge is 0.411 e. The van der Waals surface area contributed by atoms with E-state index in [1.165, 1.54) is 0 Å².